The Morgan fingerprint density at radius 2 is 1.46 bits per heavy atom. The zero-order valence-corrected chi connectivity index (χ0v) is 15.9. The number of carboxylic acid groups (broad SMARTS) is 1. The van der Waals surface area contributed by atoms with Crippen LogP contribution in [0, 0.1) is 0 Å². The quantitative estimate of drug-likeness (QED) is 0.200. The number of aryl methyl sites for hydroxylation is 1. The fourth-order valence-electron chi connectivity index (χ4n) is 2.89. The number of carbonyl (C=O) groups excluding carboxylic acids is 1. The van der Waals surface area contributed by atoms with Crippen molar-refractivity contribution >= 4 is 11.9 Å². The fraction of sp³-hybridized carbons (Fsp3) is 0.545. The number of carbonyl (C=O) groups is 2. The molecule has 0 amide bonds. The maximum absolute atomic E-state index is 11.6. The van der Waals surface area contributed by atoms with Gasteiger partial charge in [-0.1, -0.05) is 82.9 Å². The molecular formula is C22H32O4. The van der Waals surface area contributed by atoms with Crippen LogP contribution in [0.3, 0.4) is 0 Å². The van der Waals surface area contributed by atoms with Crippen molar-refractivity contribution in [1.29, 1.82) is 0 Å². The standard InChI is InChI=1S/C22H32O4/c1-2-3-4-5-6-7-8-9-10-11-14-19-15-12-13-16-20(19)26-22(25)18-17-21(23)24/h12-13,15-18H,2-11,14H2,1H3,(H,23,24). The van der Waals surface area contributed by atoms with E-state index in [0.29, 0.717) is 5.75 Å². The molecule has 144 valence electrons. The summed E-state index contributed by atoms with van der Waals surface area (Å²) >= 11 is 0. The number of ether oxygens (including phenoxy) is 1. The lowest BCUT2D eigenvalue weighted by Crippen LogP contribution is -2.06. The van der Waals surface area contributed by atoms with E-state index in [1.807, 2.05) is 18.2 Å². The van der Waals surface area contributed by atoms with Crippen molar-refractivity contribution in [3.63, 3.8) is 0 Å². The van der Waals surface area contributed by atoms with E-state index in [0.717, 1.165) is 30.6 Å². The van der Waals surface area contributed by atoms with Crippen molar-refractivity contribution in [2.45, 2.75) is 77.6 Å². The molecule has 1 aromatic carbocycles. The first-order valence-electron chi connectivity index (χ1n) is 9.84. The summed E-state index contributed by atoms with van der Waals surface area (Å²) in [4.78, 5) is 22.1. The van der Waals surface area contributed by atoms with Crippen LogP contribution in [-0.4, -0.2) is 17.0 Å². The minimum Gasteiger partial charge on any atom is -0.478 e. The van der Waals surface area contributed by atoms with Crippen molar-refractivity contribution in [1.82, 2.24) is 0 Å². The van der Waals surface area contributed by atoms with Gasteiger partial charge in [0.1, 0.15) is 5.75 Å². The van der Waals surface area contributed by atoms with E-state index in [4.69, 9.17) is 9.84 Å². The predicted octanol–water partition coefficient (Wildman–Crippen LogP) is 5.70. The van der Waals surface area contributed by atoms with Gasteiger partial charge in [-0.2, -0.15) is 0 Å². The second kappa shape index (κ2) is 14.1. The Hall–Kier alpha value is -2.10. The van der Waals surface area contributed by atoms with Crippen LogP contribution in [0.25, 0.3) is 0 Å². The van der Waals surface area contributed by atoms with Crippen molar-refractivity contribution in [2.24, 2.45) is 0 Å². The molecule has 0 heterocycles. The van der Waals surface area contributed by atoms with E-state index in [-0.39, 0.29) is 0 Å². The Morgan fingerprint density at radius 3 is 2.08 bits per heavy atom. The average Bonchev–Trinajstić information content (AvgIpc) is 2.63. The molecule has 0 aliphatic rings. The summed E-state index contributed by atoms with van der Waals surface area (Å²) in [5.74, 6) is -1.31. The molecule has 0 radical (unpaired) electrons. The van der Waals surface area contributed by atoms with E-state index in [1.54, 1.807) is 6.07 Å². The molecule has 26 heavy (non-hydrogen) atoms. The summed E-state index contributed by atoms with van der Waals surface area (Å²) < 4.78 is 5.25. The zero-order valence-electron chi connectivity index (χ0n) is 15.9. The van der Waals surface area contributed by atoms with Crippen LogP contribution < -0.4 is 4.74 Å². The lowest BCUT2D eigenvalue weighted by atomic mass is 10.0. The Morgan fingerprint density at radius 1 is 0.885 bits per heavy atom. The molecule has 0 saturated heterocycles. The van der Waals surface area contributed by atoms with Crippen molar-refractivity contribution < 1.29 is 19.4 Å². The SMILES string of the molecule is CCCCCCCCCCCCc1ccccc1OC(=O)C=CC(=O)O. The number of carboxylic acids is 1. The third kappa shape index (κ3) is 10.7. The van der Waals surface area contributed by atoms with Gasteiger partial charge >= 0.3 is 11.9 Å². The Bertz CT molecular complexity index is 563. The summed E-state index contributed by atoms with van der Waals surface area (Å²) in [6.07, 6.45) is 15.4. The summed E-state index contributed by atoms with van der Waals surface area (Å²) in [5, 5.41) is 8.55. The second-order valence-electron chi connectivity index (χ2n) is 6.63. The first kappa shape index (κ1) is 21.9. The summed E-state index contributed by atoms with van der Waals surface area (Å²) in [5.41, 5.74) is 0.990. The monoisotopic (exact) mass is 360 g/mol. The topological polar surface area (TPSA) is 63.6 Å². The normalized spacial score (nSPS) is 11.0. The Labute approximate surface area is 157 Å². The molecule has 0 aliphatic heterocycles. The lowest BCUT2D eigenvalue weighted by molar-refractivity contribution is -0.133. The number of hydrogen-bond acceptors (Lipinski definition) is 3. The van der Waals surface area contributed by atoms with Gasteiger partial charge in [-0.15, -0.1) is 0 Å². The minimum atomic E-state index is -1.17. The summed E-state index contributed by atoms with van der Waals surface area (Å²) in [7, 11) is 0. The Kier molecular flexibility index (Phi) is 11.9. The van der Waals surface area contributed by atoms with Crippen LogP contribution >= 0.6 is 0 Å². The van der Waals surface area contributed by atoms with Crippen molar-refractivity contribution in [3.8, 4) is 5.75 Å². The number of hydrogen-bond donors (Lipinski definition) is 1. The first-order valence-corrected chi connectivity index (χ1v) is 9.84. The van der Waals surface area contributed by atoms with E-state index < -0.39 is 11.9 Å². The van der Waals surface area contributed by atoms with E-state index in [9.17, 15) is 9.59 Å². The zero-order chi connectivity index (χ0) is 19.0. The number of rotatable bonds is 14. The number of para-hydroxylation sites is 1. The lowest BCUT2D eigenvalue weighted by Gasteiger charge is -2.08. The molecule has 0 atom stereocenters. The van der Waals surface area contributed by atoms with Gasteiger partial charge in [0.05, 0.1) is 0 Å². The highest BCUT2D eigenvalue weighted by atomic mass is 16.5. The van der Waals surface area contributed by atoms with Gasteiger partial charge in [-0.25, -0.2) is 9.59 Å². The molecule has 1 N–H and O–H groups in total. The predicted molar refractivity (Wildman–Crippen MR) is 104 cm³/mol. The third-order valence-electron chi connectivity index (χ3n) is 4.34. The van der Waals surface area contributed by atoms with Crippen LogP contribution in [0.5, 0.6) is 5.75 Å². The highest BCUT2D eigenvalue weighted by Crippen LogP contribution is 2.21. The number of esters is 1. The summed E-state index contributed by atoms with van der Waals surface area (Å²) in [6, 6.07) is 7.44. The molecule has 0 aliphatic carbocycles. The van der Waals surface area contributed by atoms with Gasteiger partial charge in [0.15, 0.2) is 0 Å². The van der Waals surface area contributed by atoms with Gasteiger partial charge < -0.3 is 9.84 Å². The maximum Gasteiger partial charge on any atom is 0.336 e. The third-order valence-corrected chi connectivity index (χ3v) is 4.34. The van der Waals surface area contributed by atoms with E-state index >= 15 is 0 Å². The summed E-state index contributed by atoms with van der Waals surface area (Å²) in [6.45, 7) is 2.24. The van der Waals surface area contributed by atoms with Crippen molar-refractivity contribution in [2.75, 3.05) is 0 Å². The van der Waals surface area contributed by atoms with Crippen LogP contribution in [-0.2, 0) is 16.0 Å². The van der Waals surface area contributed by atoms with Crippen LogP contribution in [0.15, 0.2) is 36.4 Å². The molecule has 0 unspecified atom stereocenters. The average molecular weight is 360 g/mol. The molecule has 0 fully saturated rings. The largest absolute Gasteiger partial charge is 0.478 e. The molecule has 0 spiro atoms. The molecule has 0 saturated carbocycles. The molecule has 1 rings (SSSR count). The fourth-order valence-corrected chi connectivity index (χ4v) is 2.89. The molecule has 0 bridgehead atoms. The minimum absolute atomic E-state index is 0.517. The smallest absolute Gasteiger partial charge is 0.336 e. The van der Waals surface area contributed by atoms with Gasteiger partial charge in [0, 0.05) is 12.2 Å². The van der Waals surface area contributed by atoms with Gasteiger partial charge in [-0.3, -0.25) is 0 Å². The Balaban J connectivity index is 2.24. The molecular weight excluding hydrogens is 328 g/mol. The van der Waals surface area contributed by atoms with Gasteiger partial charge in [-0.05, 0) is 24.5 Å². The molecule has 1 aromatic rings. The van der Waals surface area contributed by atoms with Gasteiger partial charge in [0.25, 0.3) is 0 Å². The van der Waals surface area contributed by atoms with Crippen LogP contribution in [0.2, 0.25) is 0 Å². The van der Waals surface area contributed by atoms with Crippen LogP contribution in [0.4, 0.5) is 0 Å². The first-order chi connectivity index (χ1) is 12.6. The number of benzene rings is 1. The van der Waals surface area contributed by atoms with E-state index in [1.165, 1.54) is 57.8 Å². The highest BCUT2D eigenvalue weighted by Gasteiger charge is 2.07. The van der Waals surface area contributed by atoms with E-state index in [2.05, 4.69) is 6.92 Å². The van der Waals surface area contributed by atoms with Gasteiger partial charge in [0.2, 0.25) is 0 Å². The molecule has 0 aromatic heterocycles. The number of aliphatic carboxylic acids is 1. The number of unbranched alkanes of at least 4 members (excludes halogenated alkanes) is 9. The second-order valence-corrected chi connectivity index (χ2v) is 6.63. The molecule has 4 heteroatoms. The highest BCUT2D eigenvalue weighted by molar-refractivity contribution is 5.91. The van der Waals surface area contributed by atoms with Crippen LogP contribution in [0.1, 0.15) is 76.7 Å². The van der Waals surface area contributed by atoms with Crippen molar-refractivity contribution in [3.05, 3.63) is 42.0 Å². The maximum atomic E-state index is 11.6. The molecule has 4 nitrogen and oxygen atoms in total.